The van der Waals surface area contributed by atoms with Crippen LogP contribution in [-0.2, 0) is 6.61 Å². The van der Waals surface area contributed by atoms with Crippen molar-refractivity contribution in [3.05, 3.63) is 42.7 Å². The molecule has 0 saturated heterocycles. The van der Waals surface area contributed by atoms with Crippen LogP contribution < -0.4 is 4.74 Å². The number of oxazole rings is 1. The summed E-state index contributed by atoms with van der Waals surface area (Å²) in [5.41, 5.74) is 0.852. The largest absolute Gasteiger partial charge is 0.469 e. The van der Waals surface area contributed by atoms with Crippen molar-refractivity contribution in [2.45, 2.75) is 6.61 Å². The number of rotatable bonds is 3. The normalized spacial score (nSPS) is 9.85. The van der Waals surface area contributed by atoms with Gasteiger partial charge in [0.2, 0.25) is 0 Å². The molecule has 2 aromatic heterocycles. The topological polar surface area (TPSA) is 48.2 Å². The fourth-order valence-electron chi connectivity index (χ4n) is 0.872. The molecule has 1 radical (unpaired) electrons. The van der Waals surface area contributed by atoms with Crippen LogP contribution in [0.5, 0.6) is 5.88 Å². The van der Waals surface area contributed by atoms with E-state index in [9.17, 15) is 0 Å². The van der Waals surface area contributed by atoms with Crippen molar-refractivity contribution in [1.82, 2.24) is 9.97 Å². The Bertz CT molecular complexity index is 345. The maximum Gasteiger partial charge on any atom is 0.287 e. The van der Waals surface area contributed by atoms with Crippen LogP contribution in [0.25, 0.3) is 0 Å². The monoisotopic (exact) mass is 175 g/mol. The standard InChI is InChI=1S/C9H7N2O2/c1-2-4-10-8(3-1)5-13-9-6-12-7-11-9/h1-4,6H,5H2. The lowest BCUT2D eigenvalue weighted by Crippen LogP contribution is -1.97. The summed E-state index contributed by atoms with van der Waals surface area (Å²) in [6, 6.07) is 5.64. The van der Waals surface area contributed by atoms with Crippen molar-refractivity contribution >= 4 is 0 Å². The predicted molar refractivity (Wildman–Crippen MR) is 43.9 cm³/mol. The van der Waals surface area contributed by atoms with E-state index in [0.717, 1.165) is 5.69 Å². The summed E-state index contributed by atoms with van der Waals surface area (Å²) in [4.78, 5) is 7.77. The Hall–Kier alpha value is -1.84. The highest BCUT2D eigenvalue weighted by atomic mass is 16.5. The highest BCUT2D eigenvalue weighted by Gasteiger charge is 1.97. The smallest absolute Gasteiger partial charge is 0.287 e. The van der Waals surface area contributed by atoms with E-state index in [-0.39, 0.29) is 0 Å². The van der Waals surface area contributed by atoms with Gasteiger partial charge in [-0.2, -0.15) is 4.98 Å². The molecule has 0 aliphatic carbocycles. The fourth-order valence-corrected chi connectivity index (χ4v) is 0.872. The summed E-state index contributed by atoms with van der Waals surface area (Å²) in [5.74, 6) is 0.422. The molecule has 0 spiro atoms. The van der Waals surface area contributed by atoms with Gasteiger partial charge in [0.25, 0.3) is 12.3 Å². The summed E-state index contributed by atoms with van der Waals surface area (Å²) in [5, 5.41) is 0. The number of hydrogen-bond donors (Lipinski definition) is 0. The van der Waals surface area contributed by atoms with E-state index in [1.807, 2.05) is 18.2 Å². The molecule has 2 heterocycles. The summed E-state index contributed by atoms with van der Waals surface area (Å²) in [7, 11) is 0. The molecule has 0 saturated carbocycles. The molecule has 0 amide bonds. The Kier molecular flexibility index (Phi) is 2.22. The summed E-state index contributed by atoms with van der Waals surface area (Å²) >= 11 is 0. The quantitative estimate of drug-likeness (QED) is 0.708. The van der Waals surface area contributed by atoms with Gasteiger partial charge in [-0.15, -0.1) is 0 Å². The zero-order valence-corrected chi connectivity index (χ0v) is 6.80. The minimum Gasteiger partial charge on any atom is -0.469 e. The van der Waals surface area contributed by atoms with Gasteiger partial charge in [0, 0.05) is 6.20 Å². The Morgan fingerprint density at radius 1 is 1.46 bits per heavy atom. The molecular weight excluding hydrogens is 168 g/mol. The predicted octanol–water partition coefficient (Wildman–Crippen LogP) is 1.45. The minimum absolute atomic E-state index is 0.390. The molecule has 0 N–H and O–H groups in total. The first-order valence-corrected chi connectivity index (χ1v) is 3.79. The third-order valence-corrected chi connectivity index (χ3v) is 1.46. The minimum atomic E-state index is 0.390. The van der Waals surface area contributed by atoms with Gasteiger partial charge in [-0.3, -0.25) is 4.98 Å². The van der Waals surface area contributed by atoms with Crippen molar-refractivity contribution in [1.29, 1.82) is 0 Å². The van der Waals surface area contributed by atoms with Gasteiger partial charge in [0.1, 0.15) is 6.61 Å². The first kappa shape index (κ1) is 7.79. The molecular formula is C9H7N2O2. The number of pyridine rings is 1. The number of aromatic nitrogens is 2. The fraction of sp³-hybridized carbons (Fsp3) is 0.111. The highest BCUT2D eigenvalue weighted by molar-refractivity contribution is 5.04. The molecule has 0 bridgehead atoms. The van der Waals surface area contributed by atoms with Crippen LogP contribution in [0.15, 0.2) is 35.1 Å². The lowest BCUT2D eigenvalue weighted by atomic mass is 10.4. The van der Waals surface area contributed by atoms with Gasteiger partial charge in [-0.25, -0.2) is 0 Å². The Morgan fingerprint density at radius 2 is 2.46 bits per heavy atom. The molecule has 0 unspecified atom stereocenters. The van der Waals surface area contributed by atoms with E-state index in [1.54, 1.807) is 6.20 Å². The van der Waals surface area contributed by atoms with E-state index in [0.29, 0.717) is 12.5 Å². The third-order valence-electron chi connectivity index (χ3n) is 1.46. The van der Waals surface area contributed by atoms with Gasteiger partial charge in [0.15, 0.2) is 6.26 Å². The Morgan fingerprint density at radius 3 is 3.15 bits per heavy atom. The number of hydrogen-bond acceptors (Lipinski definition) is 4. The second kappa shape index (κ2) is 3.71. The maximum absolute atomic E-state index is 5.23. The van der Waals surface area contributed by atoms with Crippen LogP contribution in [0.2, 0.25) is 0 Å². The van der Waals surface area contributed by atoms with Gasteiger partial charge in [0.05, 0.1) is 5.69 Å². The van der Waals surface area contributed by atoms with Crippen LogP contribution in [0.1, 0.15) is 5.69 Å². The van der Waals surface area contributed by atoms with Crippen molar-refractivity contribution in [2.24, 2.45) is 0 Å². The lowest BCUT2D eigenvalue weighted by Gasteiger charge is -1.99. The van der Waals surface area contributed by atoms with Crippen molar-refractivity contribution in [3.8, 4) is 5.88 Å². The van der Waals surface area contributed by atoms with E-state index in [2.05, 4.69) is 20.8 Å². The van der Waals surface area contributed by atoms with Crippen molar-refractivity contribution in [2.75, 3.05) is 0 Å². The van der Waals surface area contributed by atoms with Crippen molar-refractivity contribution in [3.63, 3.8) is 0 Å². The average Bonchev–Trinajstić information content (AvgIpc) is 2.69. The molecule has 0 fully saturated rings. The Labute approximate surface area is 75.2 Å². The molecule has 2 aromatic rings. The second-order valence-corrected chi connectivity index (χ2v) is 2.39. The molecule has 2 rings (SSSR count). The molecule has 0 aromatic carbocycles. The van der Waals surface area contributed by atoms with E-state index < -0.39 is 0 Å². The molecule has 0 aliphatic heterocycles. The lowest BCUT2D eigenvalue weighted by molar-refractivity contribution is 0.288. The average molecular weight is 175 g/mol. The van der Waals surface area contributed by atoms with E-state index in [4.69, 9.17) is 4.74 Å². The zero-order chi connectivity index (χ0) is 8.93. The molecule has 65 valence electrons. The highest BCUT2D eigenvalue weighted by Crippen LogP contribution is 2.06. The first-order valence-electron chi connectivity index (χ1n) is 3.79. The molecule has 4 heteroatoms. The van der Waals surface area contributed by atoms with Crippen LogP contribution in [-0.4, -0.2) is 9.97 Å². The zero-order valence-electron chi connectivity index (χ0n) is 6.80. The summed E-state index contributed by atoms with van der Waals surface area (Å²) < 4.78 is 9.85. The Balaban J connectivity index is 1.94. The summed E-state index contributed by atoms with van der Waals surface area (Å²) in [6.45, 7) is 0.390. The van der Waals surface area contributed by atoms with Gasteiger partial charge >= 0.3 is 0 Å². The first-order chi connectivity index (χ1) is 6.45. The maximum atomic E-state index is 5.23. The van der Waals surface area contributed by atoms with Crippen LogP contribution in [0.4, 0.5) is 0 Å². The molecule has 4 nitrogen and oxygen atoms in total. The van der Waals surface area contributed by atoms with Crippen molar-refractivity contribution < 1.29 is 9.15 Å². The molecule has 0 aliphatic rings. The van der Waals surface area contributed by atoms with Crippen LogP contribution in [0.3, 0.4) is 0 Å². The van der Waals surface area contributed by atoms with E-state index in [1.165, 1.54) is 6.26 Å². The third kappa shape index (κ3) is 2.05. The number of ether oxygens (including phenoxy) is 1. The SMILES string of the molecule is [c]1nc(OCc2ccccn2)co1. The second-order valence-electron chi connectivity index (χ2n) is 2.39. The number of nitrogens with zero attached hydrogens (tertiary/aromatic N) is 2. The van der Waals surface area contributed by atoms with Gasteiger partial charge < -0.3 is 9.15 Å². The van der Waals surface area contributed by atoms with Gasteiger partial charge in [-0.1, -0.05) is 6.07 Å². The van der Waals surface area contributed by atoms with Crippen LogP contribution >= 0.6 is 0 Å². The van der Waals surface area contributed by atoms with Crippen LogP contribution in [0, 0.1) is 6.39 Å². The summed E-state index contributed by atoms with van der Waals surface area (Å²) in [6.07, 6.45) is 5.40. The van der Waals surface area contributed by atoms with Gasteiger partial charge in [-0.05, 0) is 12.1 Å². The van der Waals surface area contributed by atoms with E-state index >= 15 is 0 Å². The molecule has 13 heavy (non-hydrogen) atoms. The molecule has 0 atom stereocenters.